The summed E-state index contributed by atoms with van der Waals surface area (Å²) in [4.78, 5) is 11.1. The number of anilines is 1. The molecule has 0 fully saturated rings. The van der Waals surface area contributed by atoms with E-state index in [-0.39, 0.29) is 5.56 Å². The highest BCUT2D eigenvalue weighted by Gasteiger charge is 2.04. The molecule has 0 saturated carbocycles. The van der Waals surface area contributed by atoms with E-state index in [1.54, 1.807) is 24.3 Å². The normalized spacial score (nSPS) is 10.2. The summed E-state index contributed by atoms with van der Waals surface area (Å²) >= 11 is 0. The minimum atomic E-state index is -0.232. The number of benzene rings is 1. The minimum absolute atomic E-state index is 0.232. The third kappa shape index (κ3) is 1.31. The first-order valence-corrected chi connectivity index (χ1v) is 3.76. The molecule has 0 radical (unpaired) electrons. The lowest BCUT2D eigenvalue weighted by Crippen LogP contribution is -2.01. The molecular formula is C8H8N4O. The zero-order valence-corrected chi connectivity index (χ0v) is 6.74. The molecule has 1 aromatic heterocycles. The topological polar surface area (TPSA) is 87.6 Å². The molecule has 1 heterocycles. The standard InChI is InChI=1S/C8H8N4O/c9-6-3-1-5(2-4-6)7-8(13)11-12-10-7/h1-4H,9H2,(H2,10,11,12,13). The molecule has 5 heteroatoms. The van der Waals surface area contributed by atoms with Gasteiger partial charge in [0.15, 0.2) is 5.69 Å². The summed E-state index contributed by atoms with van der Waals surface area (Å²) in [7, 11) is 0. The van der Waals surface area contributed by atoms with E-state index in [2.05, 4.69) is 15.4 Å². The second-order valence-corrected chi connectivity index (χ2v) is 2.65. The van der Waals surface area contributed by atoms with Crippen molar-refractivity contribution in [3.05, 3.63) is 34.6 Å². The van der Waals surface area contributed by atoms with Crippen molar-refractivity contribution in [2.75, 3.05) is 5.73 Å². The van der Waals surface area contributed by atoms with Gasteiger partial charge in [-0.25, -0.2) is 10.3 Å². The predicted molar refractivity (Wildman–Crippen MR) is 49.1 cm³/mol. The van der Waals surface area contributed by atoms with Crippen molar-refractivity contribution in [3.63, 3.8) is 0 Å². The van der Waals surface area contributed by atoms with E-state index >= 15 is 0 Å². The largest absolute Gasteiger partial charge is 0.399 e. The second-order valence-electron chi connectivity index (χ2n) is 2.65. The Kier molecular flexibility index (Phi) is 1.63. The van der Waals surface area contributed by atoms with Crippen LogP contribution < -0.4 is 11.3 Å². The van der Waals surface area contributed by atoms with Crippen molar-refractivity contribution in [2.45, 2.75) is 0 Å². The molecule has 4 N–H and O–H groups in total. The fraction of sp³-hybridized carbons (Fsp3) is 0. The van der Waals surface area contributed by atoms with E-state index in [1.807, 2.05) is 0 Å². The van der Waals surface area contributed by atoms with Gasteiger partial charge in [0.2, 0.25) is 0 Å². The van der Waals surface area contributed by atoms with E-state index in [1.165, 1.54) is 0 Å². The summed E-state index contributed by atoms with van der Waals surface area (Å²) in [6.45, 7) is 0. The molecule has 13 heavy (non-hydrogen) atoms. The summed E-state index contributed by atoms with van der Waals surface area (Å²) in [6.07, 6.45) is 0. The highest BCUT2D eigenvalue weighted by atomic mass is 16.1. The molecular weight excluding hydrogens is 168 g/mol. The Hall–Kier alpha value is -2.04. The van der Waals surface area contributed by atoms with Gasteiger partial charge in [0.1, 0.15) is 0 Å². The van der Waals surface area contributed by atoms with Crippen molar-refractivity contribution >= 4 is 5.69 Å². The first-order valence-electron chi connectivity index (χ1n) is 3.76. The lowest BCUT2D eigenvalue weighted by atomic mass is 10.1. The zero-order chi connectivity index (χ0) is 9.26. The van der Waals surface area contributed by atoms with Crippen LogP contribution in [0.4, 0.5) is 5.69 Å². The van der Waals surface area contributed by atoms with E-state index in [0.717, 1.165) is 5.56 Å². The Morgan fingerprint density at radius 3 is 2.46 bits per heavy atom. The van der Waals surface area contributed by atoms with Crippen LogP contribution in [0.2, 0.25) is 0 Å². The average molecular weight is 176 g/mol. The quantitative estimate of drug-likeness (QED) is 0.548. The molecule has 0 atom stereocenters. The number of aromatic amines is 2. The molecule has 0 saturated heterocycles. The maximum atomic E-state index is 11.1. The summed E-state index contributed by atoms with van der Waals surface area (Å²) in [5.74, 6) is 0. The van der Waals surface area contributed by atoms with Crippen LogP contribution in [0.15, 0.2) is 29.1 Å². The number of hydrogen-bond acceptors (Lipinski definition) is 3. The third-order valence-corrected chi connectivity index (χ3v) is 1.74. The third-order valence-electron chi connectivity index (χ3n) is 1.74. The van der Waals surface area contributed by atoms with Gasteiger partial charge in [-0.3, -0.25) is 4.79 Å². The summed E-state index contributed by atoms with van der Waals surface area (Å²) < 4.78 is 0. The summed E-state index contributed by atoms with van der Waals surface area (Å²) in [5, 5.41) is 8.53. The first kappa shape index (κ1) is 7.60. The van der Waals surface area contributed by atoms with Gasteiger partial charge in [-0.15, -0.1) is 0 Å². The van der Waals surface area contributed by atoms with Gasteiger partial charge >= 0.3 is 0 Å². The van der Waals surface area contributed by atoms with Crippen molar-refractivity contribution in [1.29, 1.82) is 0 Å². The van der Waals surface area contributed by atoms with Crippen LogP contribution in [-0.4, -0.2) is 15.4 Å². The van der Waals surface area contributed by atoms with Crippen molar-refractivity contribution in [1.82, 2.24) is 15.4 Å². The van der Waals surface area contributed by atoms with E-state index in [4.69, 9.17) is 5.73 Å². The van der Waals surface area contributed by atoms with E-state index in [9.17, 15) is 4.79 Å². The Bertz CT molecular complexity index is 453. The van der Waals surface area contributed by atoms with Crippen LogP contribution in [-0.2, 0) is 0 Å². The molecule has 0 bridgehead atoms. The highest BCUT2D eigenvalue weighted by Crippen LogP contribution is 2.13. The second kappa shape index (κ2) is 2.78. The molecule has 0 unspecified atom stereocenters. The number of nitrogens with one attached hydrogen (secondary N) is 2. The number of aromatic nitrogens is 3. The lowest BCUT2D eigenvalue weighted by molar-refractivity contribution is 0.931. The van der Waals surface area contributed by atoms with Crippen LogP contribution >= 0.6 is 0 Å². The average Bonchev–Trinajstić information content (AvgIpc) is 2.53. The lowest BCUT2D eigenvalue weighted by Gasteiger charge is -1.94. The first-order chi connectivity index (χ1) is 6.27. The molecule has 2 rings (SSSR count). The zero-order valence-electron chi connectivity index (χ0n) is 6.74. The van der Waals surface area contributed by atoms with Crippen molar-refractivity contribution in [3.8, 4) is 11.3 Å². The maximum Gasteiger partial charge on any atom is 0.291 e. The van der Waals surface area contributed by atoms with Gasteiger partial charge < -0.3 is 5.73 Å². The minimum Gasteiger partial charge on any atom is -0.399 e. The molecule has 5 nitrogen and oxygen atoms in total. The fourth-order valence-corrected chi connectivity index (χ4v) is 1.08. The van der Waals surface area contributed by atoms with Crippen molar-refractivity contribution in [2.24, 2.45) is 0 Å². The van der Waals surface area contributed by atoms with Crippen LogP contribution in [0.3, 0.4) is 0 Å². The Morgan fingerprint density at radius 2 is 1.92 bits per heavy atom. The van der Waals surface area contributed by atoms with Gasteiger partial charge in [0, 0.05) is 11.3 Å². The van der Waals surface area contributed by atoms with E-state index < -0.39 is 0 Å². The molecule has 1 aromatic carbocycles. The Balaban J connectivity index is 2.54. The van der Waals surface area contributed by atoms with Crippen LogP contribution in [0, 0.1) is 0 Å². The molecule has 0 aliphatic heterocycles. The number of nitrogen functional groups attached to an aromatic ring is 1. The molecule has 66 valence electrons. The maximum absolute atomic E-state index is 11.1. The molecule has 0 amide bonds. The highest BCUT2D eigenvalue weighted by molar-refractivity contribution is 5.60. The SMILES string of the molecule is Nc1ccc(-c2n[nH][nH]c2=O)cc1. The van der Waals surface area contributed by atoms with Gasteiger partial charge in [0.05, 0.1) is 0 Å². The van der Waals surface area contributed by atoms with Gasteiger partial charge in [0.25, 0.3) is 5.56 Å². The Labute approximate surface area is 73.6 Å². The fourth-order valence-electron chi connectivity index (χ4n) is 1.08. The van der Waals surface area contributed by atoms with E-state index in [0.29, 0.717) is 11.4 Å². The number of H-pyrrole nitrogens is 2. The number of hydrogen-bond donors (Lipinski definition) is 3. The molecule has 0 spiro atoms. The van der Waals surface area contributed by atoms with Gasteiger partial charge in [-0.05, 0) is 12.1 Å². The van der Waals surface area contributed by atoms with Crippen LogP contribution in [0.1, 0.15) is 0 Å². The van der Waals surface area contributed by atoms with Gasteiger partial charge in [-0.1, -0.05) is 12.1 Å². The smallest absolute Gasteiger partial charge is 0.291 e. The summed E-state index contributed by atoms with van der Waals surface area (Å²) in [6, 6.07) is 6.95. The van der Waals surface area contributed by atoms with Crippen molar-refractivity contribution < 1.29 is 0 Å². The number of nitrogens with zero attached hydrogens (tertiary/aromatic N) is 1. The molecule has 2 aromatic rings. The Morgan fingerprint density at radius 1 is 1.23 bits per heavy atom. The predicted octanol–water partition coefficient (Wildman–Crippen LogP) is 0.347. The summed E-state index contributed by atoms with van der Waals surface area (Å²) in [5.41, 5.74) is 7.06. The molecule has 0 aliphatic carbocycles. The van der Waals surface area contributed by atoms with Gasteiger partial charge in [-0.2, -0.15) is 5.10 Å². The molecule has 0 aliphatic rings. The monoisotopic (exact) mass is 176 g/mol. The number of rotatable bonds is 1. The van der Waals surface area contributed by atoms with Crippen LogP contribution in [0.25, 0.3) is 11.3 Å². The number of nitrogens with two attached hydrogens (primary N) is 1. The van der Waals surface area contributed by atoms with Crippen LogP contribution in [0.5, 0.6) is 0 Å².